The fourth-order valence-corrected chi connectivity index (χ4v) is 2.78. The monoisotopic (exact) mass is 397 g/mol. The molecule has 0 bridgehead atoms. The van der Waals surface area contributed by atoms with E-state index in [1.54, 1.807) is 27.4 Å². The van der Waals surface area contributed by atoms with Gasteiger partial charge in [-0.15, -0.1) is 10.2 Å². The van der Waals surface area contributed by atoms with Crippen molar-refractivity contribution in [1.29, 1.82) is 0 Å². The third-order valence-corrected chi connectivity index (χ3v) is 4.31. The Hall–Kier alpha value is -3.55. The smallest absolute Gasteiger partial charge is 0.251 e. The van der Waals surface area contributed by atoms with E-state index in [0.29, 0.717) is 47.6 Å². The Morgan fingerprint density at radius 1 is 0.966 bits per heavy atom. The highest BCUT2D eigenvalue weighted by atomic mass is 16.5. The molecular formula is C21H23N3O5. The molecule has 8 heteroatoms. The molecule has 0 unspecified atom stereocenters. The molecule has 0 fully saturated rings. The maximum atomic E-state index is 12.2. The van der Waals surface area contributed by atoms with Crippen molar-refractivity contribution < 1.29 is 23.4 Å². The number of nitrogens with one attached hydrogen (secondary N) is 1. The number of aryl methyl sites for hydroxylation is 1. The fraction of sp³-hybridized carbons (Fsp3) is 0.286. The summed E-state index contributed by atoms with van der Waals surface area (Å²) in [5.41, 5.74) is 1.62. The fourth-order valence-electron chi connectivity index (χ4n) is 2.78. The van der Waals surface area contributed by atoms with Crippen molar-refractivity contribution in [2.45, 2.75) is 19.4 Å². The quantitative estimate of drug-likeness (QED) is 0.593. The maximum absolute atomic E-state index is 12.2. The van der Waals surface area contributed by atoms with Gasteiger partial charge in [0.25, 0.3) is 5.89 Å². The molecule has 1 heterocycles. The van der Waals surface area contributed by atoms with Crippen LogP contribution >= 0.6 is 0 Å². The van der Waals surface area contributed by atoms with Crippen molar-refractivity contribution in [3.63, 3.8) is 0 Å². The molecule has 2 aromatic carbocycles. The van der Waals surface area contributed by atoms with E-state index in [1.165, 1.54) is 0 Å². The van der Waals surface area contributed by atoms with Crippen LogP contribution < -0.4 is 19.5 Å². The number of amides is 1. The number of carbonyl (C=O) groups is 1. The summed E-state index contributed by atoms with van der Waals surface area (Å²) in [5.74, 6) is 2.56. The largest absolute Gasteiger partial charge is 0.496 e. The third kappa shape index (κ3) is 5.04. The predicted octanol–water partition coefficient (Wildman–Crippen LogP) is 3.01. The zero-order valence-electron chi connectivity index (χ0n) is 16.6. The highest BCUT2D eigenvalue weighted by Gasteiger charge is 2.14. The Labute approximate surface area is 168 Å². The SMILES string of the molecule is COc1ccc(CNC(=O)CCc2nnc(-c3ccccc3OC)o2)cc1OC. The first-order valence-corrected chi connectivity index (χ1v) is 9.08. The van der Waals surface area contributed by atoms with Gasteiger partial charge >= 0.3 is 0 Å². The molecule has 0 aliphatic rings. The van der Waals surface area contributed by atoms with Crippen molar-refractivity contribution in [1.82, 2.24) is 15.5 Å². The predicted molar refractivity (Wildman–Crippen MR) is 106 cm³/mol. The van der Waals surface area contributed by atoms with Crippen molar-refractivity contribution in [3.8, 4) is 28.7 Å². The number of benzene rings is 2. The molecule has 3 rings (SSSR count). The number of methoxy groups -OCH3 is 3. The zero-order chi connectivity index (χ0) is 20.6. The van der Waals surface area contributed by atoms with Gasteiger partial charge in [0.05, 0.1) is 26.9 Å². The molecular weight excluding hydrogens is 374 g/mol. The molecule has 0 saturated heterocycles. The first kappa shape index (κ1) is 20.2. The Bertz CT molecular complexity index is 970. The van der Waals surface area contributed by atoms with Gasteiger partial charge in [-0.25, -0.2) is 0 Å². The number of hydrogen-bond donors (Lipinski definition) is 1. The first-order valence-electron chi connectivity index (χ1n) is 9.08. The molecule has 0 aliphatic heterocycles. The average Bonchev–Trinajstić information content (AvgIpc) is 3.24. The van der Waals surface area contributed by atoms with Crippen LogP contribution in [0.25, 0.3) is 11.5 Å². The van der Waals surface area contributed by atoms with Crippen molar-refractivity contribution >= 4 is 5.91 Å². The molecule has 0 saturated carbocycles. The van der Waals surface area contributed by atoms with E-state index in [-0.39, 0.29) is 12.3 Å². The number of carbonyl (C=O) groups excluding carboxylic acids is 1. The summed E-state index contributed by atoms with van der Waals surface area (Å²) >= 11 is 0. The number of nitrogens with zero attached hydrogens (tertiary/aromatic N) is 2. The molecule has 0 radical (unpaired) electrons. The minimum atomic E-state index is -0.114. The summed E-state index contributed by atoms with van der Waals surface area (Å²) in [6, 6.07) is 12.9. The number of para-hydroxylation sites is 1. The summed E-state index contributed by atoms with van der Waals surface area (Å²) in [6.45, 7) is 0.384. The lowest BCUT2D eigenvalue weighted by Gasteiger charge is -2.10. The second-order valence-electron chi connectivity index (χ2n) is 6.17. The second kappa shape index (κ2) is 9.59. The molecule has 1 amide bonds. The maximum Gasteiger partial charge on any atom is 0.251 e. The van der Waals surface area contributed by atoms with E-state index in [2.05, 4.69) is 15.5 Å². The standard InChI is InChI=1S/C21H23N3O5/c1-26-16-7-5-4-6-15(16)21-24-23-20(29-21)11-10-19(25)22-13-14-8-9-17(27-2)18(12-14)28-3/h4-9,12H,10-11,13H2,1-3H3,(H,22,25). The zero-order valence-corrected chi connectivity index (χ0v) is 16.6. The number of aromatic nitrogens is 2. The molecule has 1 aromatic heterocycles. The van der Waals surface area contributed by atoms with Crippen LogP contribution in [0.15, 0.2) is 46.9 Å². The van der Waals surface area contributed by atoms with E-state index in [0.717, 1.165) is 5.56 Å². The molecule has 152 valence electrons. The normalized spacial score (nSPS) is 10.4. The van der Waals surface area contributed by atoms with Gasteiger partial charge in [0.2, 0.25) is 11.8 Å². The molecule has 0 spiro atoms. The van der Waals surface area contributed by atoms with Crippen molar-refractivity contribution in [3.05, 3.63) is 53.9 Å². The lowest BCUT2D eigenvalue weighted by atomic mass is 10.2. The van der Waals surface area contributed by atoms with Crippen LogP contribution in [-0.2, 0) is 17.8 Å². The minimum absolute atomic E-state index is 0.114. The van der Waals surface area contributed by atoms with Gasteiger partial charge in [-0.2, -0.15) is 0 Å². The topological polar surface area (TPSA) is 95.7 Å². The molecule has 3 aromatic rings. The molecule has 29 heavy (non-hydrogen) atoms. The van der Waals surface area contributed by atoms with E-state index in [4.69, 9.17) is 18.6 Å². The summed E-state index contributed by atoms with van der Waals surface area (Å²) in [5, 5.41) is 10.9. The second-order valence-corrected chi connectivity index (χ2v) is 6.17. The first-order chi connectivity index (χ1) is 14.1. The van der Waals surface area contributed by atoms with Gasteiger partial charge < -0.3 is 23.9 Å². The summed E-state index contributed by atoms with van der Waals surface area (Å²) in [7, 11) is 4.73. The highest BCUT2D eigenvalue weighted by molar-refractivity contribution is 5.76. The summed E-state index contributed by atoms with van der Waals surface area (Å²) in [6.07, 6.45) is 0.584. The van der Waals surface area contributed by atoms with Crippen LogP contribution in [0.5, 0.6) is 17.2 Å². The average molecular weight is 397 g/mol. The van der Waals surface area contributed by atoms with Gasteiger partial charge in [-0.1, -0.05) is 18.2 Å². The minimum Gasteiger partial charge on any atom is -0.496 e. The van der Waals surface area contributed by atoms with Gasteiger partial charge in [0.15, 0.2) is 11.5 Å². The van der Waals surface area contributed by atoms with Crippen molar-refractivity contribution in [2.75, 3.05) is 21.3 Å². The van der Waals surface area contributed by atoms with Crippen LogP contribution in [0.4, 0.5) is 0 Å². The van der Waals surface area contributed by atoms with Crippen LogP contribution in [-0.4, -0.2) is 37.4 Å². The van der Waals surface area contributed by atoms with Crippen LogP contribution in [0, 0.1) is 0 Å². The van der Waals surface area contributed by atoms with Crippen LogP contribution in [0.2, 0.25) is 0 Å². The molecule has 8 nitrogen and oxygen atoms in total. The third-order valence-electron chi connectivity index (χ3n) is 4.31. The van der Waals surface area contributed by atoms with Crippen LogP contribution in [0.3, 0.4) is 0 Å². The van der Waals surface area contributed by atoms with E-state index < -0.39 is 0 Å². The number of ether oxygens (including phenoxy) is 3. The van der Waals surface area contributed by atoms with Gasteiger partial charge in [-0.05, 0) is 29.8 Å². The summed E-state index contributed by atoms with van der Waals surface area (Å²) < 4.78 is 21.5. The van der Waals surface area contributed by atoms with E-state index in [9.17, 15) is 4.79 Å². The van der Waals surface area contributed by atoms with E-state index in [1.807, 2.05) is 36.4 Å². The molecule has 1 N–H and O–H groups in total. The summed E-state index contributed by atoms with van der Waals surface area (Å²) in [4.78, 5) is 12.2. The van der Waals surface area contributed by atoms with Crippen LogP contribution in [0.1, 0.15) is 17.9 Å². The Morgan fingerprint density at radius 2 is 1.72 bits per heavy atom. The van der Waals surface area contributed by atoms with Gasteiger partial charge in [0.1, 0.15) is 5.75 Å². The van der Waals surface area contributed by atoms with E-state index >= 15 is 0 Å². The number of hydrogen-bond acceptors (Lipinski definition) is 7. The Balaban J connectivity index is 1.53. The van der Waals surface area contributed by atoms with Crippen molar-refractivity contribution in [2.24, 2.45) is 0 Å². The van der Waals surface area contributed by atoms with Gasteiger partial charge in [0, 0.05) is 19.4 Å². The Morgan fingerprint density at radius 3 is 2.48 bits per heavy atom. The Kier molecular flexibility index (Phi) is 6.67. The highest BCUT2D eigenvalue weighted by Crippen LogP contribution is 2.29. The molecule has 0 aliphatic carbocycles. The lowest BCUT2D eigenvalue weighted by molar-refractivity contribution is -0.121. The number of rotatable bonds is 9. The molecule has 0 atom stereocenters. The lowest BCUT2D eigenvalue weighted by Crippen LogP contribution is -2.23. The van der Waals surface area contributed by atoms with Gasteiger partial charge in [-0.3, -0.25) is 4.79 Å².